The van der Waals surface area contributed by atoms with Crippen molar-refractivity contribution in [3.05, 3.63) is 205 Å². The number of nitrogens with zero attached hydrogens (tertiary/aromatic N) is 2. The molecule has 10 aromatic rings. The van der Waals surface area contributed by atoms with Crippen molar-refractivity contribution < 1.29 is 9.15 Å². The summed E-state index contributed by atoms with van der Waals surface area (Å²) in [5, 5.41) is 2.27. The minimum absolute atomic E-state index is 0.0209. The minimum Gasteiger partial charge on any atom is -0.458 e. The number of hydrogen-bond acceptors (Lipinski definition) is 4. The van der Waals surface area contributed by atoms with E-state index in [0.29, 0.717) is 0 Å². The molecule has 1 aromatic heterocycles. The molecule has 1 aliphatic carbocycles. The van der Waals surface area contributed by atoms with Gasteiger partial charge in [-0.05, 0) is 90.9 Å². The van der Waals surface area contributed by atoms with E-state index < -0.39 is 0 Å². The van der Waals surface area contributed by atoms with Gasteiger partial charge in [-0.3, -0.25) is 0 Å². The highest BCUT2D eigenvalue weighted by atomic mass is 16.5. The van der Waals surface area contributed by atoms with Crippen molar-refractivity contribution in [2.75, 3.05) is 9.80 Å². The van der Waals surface area contributed by atoms with E-state index in [1.807, 2.05) is 0 Å². The van der Waals surface area contributed by atoms with Gasteiger partial charge in [-0.25, -0.2) is 0 Å². The Labute approximate surface area is 353 Å². The third-order valence-electron chi connectivity index (χ3n) is 14.2. The van der Waals surface area contributed by atoms with Gasteiger partial charge in [0.05, 0.1) is 5.69 Å². The van der Waals surface area contributed by atoms with E-state index in [1.165, 1.54) is 77.7 Å². The summed E-state index contributed by atoms with van der Waals surface area (Å²) in [6.07, 6.45) is 0. The highest BCUT2D eigenvalue weighted by molar-refractivity contribution is 7.04. The summed E-state index contributed by atoms with van der Waals surface area (Å²) in [7, 11) is 0. The van der Waals surface area contributed by atoms with Gasteiger partial charge in [-0.1, -0.05) is 146 Å². The zero-order chi connectivity index (χ0) is 39.5. The van der Waals surface area contributed by atoms with Crippen molar-refractivity contribution in [3.8, 4) is 22.6 Å². The Morgan fingerprint density at radius 3 is 1.72 bits per heavy atom. The number of fused-ring (bicyclic) bond motifs is 16. The molecule has 0 spiro atoms. The second-order valence-corrected chi connectivity index (χ2v) is 17.0. The molecular formula is C55H32B2N2O2. The summed E-state index contributed by atoms with van der Waals surface area (Å²) in [6.45, 7) is -0.0252. The van der Waals surface area contributed by atoms with Gasteiger partial charge in [-0.2, -0.15) is 0 Å². The fourth-order valence-electron chi connectivity index (χ4n) is 11.9. The Morgan fingerprint density at radius 2 is 0.967 bits per heavy atom. The maximum Gasteiger partial charge on any atom is 0.256 e. The van der Waals surface area contributed by atoms with Gasteiger partial charge < -0.3 is 19.0 Å². The highest BCUT2D eigenvalue weighted by Gasteiger charge is 2.51. The van der Waals surface area contributed by atoms with E-state index in [0.717, 1.165) is 50.5 Å². The standard InChI is InChI=1S/C55H32B2N2O2/c1-3-18-35-32(15-1)33-16-2-4-19-36(33)52(35)37-20-5-10-24-43(37)58-46-30-50-38(34-17-6-13-27-48(34)60-50)29-42(46)57-40-22-8-12-26-45(40)59-44-25-11-7-21-39(44)56-41-23-9-14-28-49(41)61-51-31-47(58)53(57)55(59)54(51)56/h1-31,52H. The van der Waals surface area contributed by atoms with Gasteiger partial charge in [0.15, 0.2) is 0 Å². The molecule has 0 bridgehead atoms. The average Bonchev–Trinajstić information content (AvgIpc) is 3.85. The van der Waals surface area contributed by atoms with E-state index in [9.17, 15) is 0 Å². The number of benzene rings is 9. The number of furan rings is 1. The molecule has 0 saturated carbocycles. The lowest BCUT2D eigenvalue weighted by Gasteiger charge is -2.49. The number of anilines is 6. The molecule has 5 aliphatic rings. The van der Waals surface area contributed by atoms with E-state index >= 15 is 0 Å². The molecule has 0 radical (unpaired) electrons. The molecule has 61 heavy (non-hydrogen) atoms. The molecule has 0 amide bonds. The number of rotatable bonds is 2. The summed E-state index contributed by atoms with van der Waals surface area (Å²) < 4.78 is 13.9. The second kappa shape index (κ2) is 11.5. The van der Waals surface area contributed by atoms with Crippen LogP contribution in [0.3, 0.4) is 0 Å². The fourth-order valence-corrected chi connectivity index (χ4v) is 11.9. The van der Waals surface area contributed by atoms with E-state index in [1.54, 1.807) is 0 Å². The molecule has 0 unspecified atom stereocenters. The Balaban J connectivity index is 1.09. The molecule has 0 atom stereocenters. The van der Waals surface area contributed by atoms with Crippen LogP contribution in [0.1, 0.15) is 22.6 Å². The van der Waals surface area contributed by atoms with Gasteiger partial charge in [0.25, 0.3) is 13.4 Å². The van der Waals surface area contributed by atoms with Crippen LogP contribution < -0.4 is 47.3 Å². The Morgan fingerprint density at radius 1 is 0.377 bits per heavy atom. The molecule has 4 nitrogen and oxygen atoms in total. The first kappa shape index (κ1) is 32.2. The first-order valence-electron chi connectivity index (χ1n) is 21.3. The van der Waals surface area contributed by atoms with Crippen molar-refractivity contribution in [2.24, 2.45) is 0 Å². The van der Waals surface area contributed by atoms with Crippen LogP contribution in [0.4, 0.5) is 34.1 Å². The van der Waals surface area contributed by atoms with Gasteiger partial charge >= 0.3 is 0 Å². The van der Waals surface area contributed by atoms with Crippen LogP contribution in [0, 0.1) is 0 Å². The van der Waals surface area contributed by atoms with Crippen molar-refractivity contribution >= 4 is 102 Å². The normalized spacial score (nSPS) is 14.5. The average molecular weight is 774 g/mol. The monoisotopic (exact) mass is 774 g/mol. The quantitative estimate of drug-likeness (QED) is 0.164. The van der Waals surface area contributed by atoms with Crippen LogP contribution in [0.25, 0.3) is 33.1 Å². The first-order chi connectivity index (χ1) is 30.3. The first-order valence-corrected chi connectivity index (χ1v) is 21.3. The molecule has 15 rings (SSSR count). The molecule has 9 aromatic carbocycles. The number of para-hydroxylation sites is 5. The second-order valence-electron chi connectivity index (χ2n) is 17.0. The van der Waals surface area contributed by atoms with E-state index in [2.05, 4.69) is 198 Å². The van der Waals surface area contributed by atoms with Gasteiger partial charge in [0.1, 0.15) is 22.7 Å². The lowest BCUT2D eigenvalue weighted by atomic mass is 9.29. The predicted octanol–water partition coefficient (Wildman–Crippen LogP) is 9.76. The summed E-state index contributed by atoms with van der Waals surface area (Å²) in [5.41, 5.74) is 23.0. The zero-order valence-electron chi connectivity index (χ0n) is 32.8. The third kappa shape index (κ3) is 4.03. The predicted molar refractivity (Wildman–Crippen MR) is 252 cm³/mol. The Kier molecular flexibility index (Phi) is 6.08. The van der Waals surface area contributed by atoms with E-state index in [-0.39, 0.29) is 19.3 Å². The minimum atomic E-state index is -0.0461. The summed E-state index contributed by atoms with van der Waals surface area (Å²) in [5.74, 6) is 1.86. The maximum absolute atomic E-state index is 7.13. The lowest BCUT2D eigenvalue weighted by molar-refractivity contribution is 0.488. The Bertz CT molecular complexity index is 3550. The smallest absolute Gasteiger partial charge is 0.256 e. The zero-order valence-corrected chi connectivity index (χ0v) is 32.8. The van der Waals surface area contributed by atoms with Crippen LogP contribution in [0.5, 0.6) is 11.5 Å². The van der Waals surface area contributed by atoms with Crippen molar-refractivity contribution in [2.45, 2.75) is 5.92 Å². The van der Waals surface area contributed by atoms with Crippen molar-refractivity contribution in [1.82, 2.24) is 0 Å². The highest BCUT2D eigenvalue weighted by Crippen LogP contribution is 2.54. The van der Waals surface area contributed by atoms with Crippen LogP contribution in [-0.4, -0.2) is 13.4 Å². The summed E-state index contributed by atoms with van der Waals surface area (Å²) in [4.78, 5) is 5.10. The van der Waals surface area contributed by atoms with Crippen LogP contribution in [0.15, 0.2) is 192 Å². The largest absolute Gasteiger partial charge is 0.458 e. The molecule has 5 heterocycles. The summed E-state index contributed by atoms with van der Waals surface area (Å²) in [6, 6.07) is 69.3. The third-order valence-corrected chi connectivity index (χ3v) is 14.2. The van der Waals surface area contributed by atoms with Crippen LogP contribution in [-0.2, 0) is 0 Å². The lowest BCUT2D eigenvalue weighted by Crippen LogP contribution is -2.67. The fraction of sp³-hybridized carbons (Fsp3) is 0.0182. The number of ether oxygens (including phenoxy) is 1. The van der Waals surface area contributed by atoms with Gasteiger partial charge in [0.2, 0.25) is 0 Å². The molecule has 4 aliphatic heterocycles. The molecule has 0 N–H and O–H groups in total. The van der Waals surface area contributed by atoms with Gasteiger partial charge in [-0.15, -0.1) is 0 Å². The van der Waals surface area contributed by atoms with Crippen molar-refractivity contribution in [1.29, 1.82) is 0 Å². The summed E-state index contributed by atoms with van der Waals surface area (Å²) >= 11 is 0. The molecule has 0 saturated heterocycles. The molecule has 0 fully saturated rings. The molecule has 6 heteroatoms. The topological polar surface area (TPSA) is 28.9 Å². The number of hydrogen-bond donors (Lipinski definition) is 0. The maximum atomic E-state index is 7.13. The van der Waals surface area contributed by atoms with Crippen LogP contribution in [0.2, 0.25) is 0 Å². The Hall–Kier alpha value is -7.69. The van der Waals surface area contributed by atoms with E-state index in [4.69, 9.17) is 9.15 Å². The molecular weight excluding hydrogens is 742 g/mol. The van der Waals surface area contributed by atoms with Crippen LogP contribution >= 0.6 is 0 Å². The molecule has 280 valence electrons. The van der Waals surface area contributed by atoms with Crippen molar-refractivity contribution in [3.63, 3.8) is 0 Å². The SMILES string of the molecule is c1ccc2c(c1)Oc1cc3c4c5c1B2c1ccccc1N5c1ccccc1B4c1cc2c(cc1N3c1ccccc1C1c3ccccc3-c3ccccc31)oc1ccccc12. The van der Waals surface area contributed by atoms with Gasteiger partial charge in [0, 0.05) is 57.3 Å².